The Bertz CT molecular complexity index is 242. The van der Waals surface area contributed by atoms with Crippen molar-refractivity contribution in [1.29, 1.82) is 0 Å². The van der Waals surface area contributed by atoms with E-state index in [1.807, 2.05) is 0 Å². The molecule has 88 valence electrons. The summed E-state index contributed by atoms with van der Waals surface area (Å²) in [5.41, 5.74) is 0. The van der Waals surface area contributed by atoms with Gasteiger partial charge in [0.15, 0.2) is 0 Å². The van der Waals surface area contributed by atoms with Crippen LogP contribution in [0.1, 0.15) is 19.8 Å². The lowest BCUT2D eigenvalue weighted by atomic mass is 10.0. The predicted molar refractivity (Wildman–Crippen MR) is 47.3 cm³/mol. The number of hydrogen-bond acceptors (Lipinski definition) is 2. The highest BCUT2D eigenvalue weighted by molar-refractivity contribution is 5.82. The predicted octanol–water partition coefficient (Wildman–Crippen LogP) is 1.57. The van der Waals surface area contributed by atoms with Crippen LogP contribution in [0.4, 0.5) is 13.2 Å². The third-order valence-corrected chi connectivity index (χ3v) is 2.66. The van der Waals surface area contributed by atoms with Gasteiger partial charge in [-0.15, -0.1) is 0 Å². The van der Waals surface area contributed by atoms with Crippen LogP contribution in [0.3, 0.4) is 0 Å². The molecule has 0 aromatic heterocycles. The Hall–Kier alpha value is -0.780. The summed E-state index contributed by atoms with van der Waals surface area (Å²) < 4.78 is 41.5. The van der Waals surface area contributed by atoms with Gasteiger partial charge in [0, 0.05) is 19.7 Å². The van der Waals surface area contributed by atoms with Gasteiger partial charge in [-0.25, -0.2) is 0 Å². The molecule has 0 saturated carbocycles. The molecule has 0 aliphatic carbocycles. The molecular weight excluding hydrogens is 211 g/mol. The van der Waals surface area contributed by atoms with Crippen molar-refractivity contribution in [2.45, 2.75) is 38.1 Å². The second kappa shape index (κ2) is 4.38. The number of carbonyl (C=O) groups is 1. The van der Waals surface area contributed by atoms with Crippen LogP contribution < -0.4 is 0 Å². The van der Waals surface area contributed by atoms with Crippen LogP contribution in [0, 0.1) is 0 Å². The monoisotopic (exact) mass is 225 g/mol. The average Bonchev–Trinajstić information content (AvgIpc) is 2.15. The van der Waals surface area contributed by atoms with Gasteiger partial charge >= 0.3 is 12.1 Å². The van der Waals surface area contributed by atoms with E-state index in [4.69, 9.17) is 4.74 Å². The molecule has 2 unspecified atom stereocenters. The highest BCUT2D eigenvalue weighted by Crippen LogP contribution is 2.25. The minimum atomic E-state index is -4.77. The Balaban J connectivity index is 2.62. The summed E-state index contributed by atoms with van der Waals surface area (Å²) in [5, 5.41) is 0. The molecule has 1 heterocycles. The molecule has 1 aliphatic heterocycles. The lowest BCUT2D eigenvalue weighted by molar-refractivity contribution is -0.190. The summed E-state index contributed by atoms with van der Waals surface area (Å²) in [7, 11) is 1.53. The first-order chi connectivity index (χ1) is 6.86. The second-order valence-corrected chi connectivity index (χ2v) is 3.73. The first-order valence-corrected chi connectivity index (χ1v) is 4.77. The molecule has 1 fully saturated rings. The fourth-order valence-corrected chi connectivity index (χ4v) is 1.81. The van der Waals surface area contributed by atoms with E-state index in [9.17, 15) is 18.0 Å². The Morgan fingerprint density at radius 2 is 2.07 bits per heavy atom. The van der Waals surface area contributed by atoms with Gasteiger partial charge < -0.3 is 9.64 Å². The summed E-state index contributed by atoms with van der Waals surface area (Å²) in [4.78, 5) is 11.9. The van der Waals surface area contributed by atoms with E-state index in [1.165, 1.54) is 7.11 Å². The van der Waals surface area contributed by atoms with Crippen LogP contribution in [0.5, 0.6) is 0 Å². The molecule has 6 heteroatoms. The summed E-state index contributed by atoms with van der Waals surface area (Å²) in [6, 6.07) is -0.419. The summed E-state index contributed by atoms with van der Waals surface area (Å²) in [6.07, 6.45) is -3.90. The molecule has 3 nitrogen and oxygen atoms in total. The summed E-state index contributed by atoms with van der Waals surface area (Å²) in [6.45, 7) is 1.72. The zero-order valence-electron chi connectivity index (χ0n) is 8.67. The smallest absolute Gasteiger partial charge is 0.381 e. The van der Waals surface area contributed by atoms with E-state index in [0.717, 1.165) is 4.90 Å². The van der Waals surface area contributed by atoms with Crippen molar-refractivity contribution in [3.05, 3.63) is 0 Å². The van der Waals surface area contributed by atoms with Gasteiger partial charge in [-0.05, 0) is 19.8 Å². The normalized spacial score (nSPS) is 27.9. The van der Waals surface area contributed by atoms with Gasteiger partial charge in [0.2, 0.25) is 0 Å². The molecule has 1 saturated heterocycles. The van der Waals surface area contributed by atoms with Crippen molar-refractivity contribution >= 4 is 5.91 Å². The standard InChI is InChI=1S/C9H14F3NO2/c1-6-5-7(15-2)3-4-13(6)8(14)9(10,11)12/h6-7H,3-5H2,1-2H3. The second-order valence-electron chi connectivity index (χ2n) is 3.73. The molecule has 2 atom stereocenters. The van der Waals surface area contributed by atoms with Gasteiger partial charge in [-0.3, -0.25) is 4.79 Å². The molecule has 1 aliphatic rings. The van der Waals surface area contributed by atoms with Crippen molar-refractivity contribution in [2.75, 3.05) is 13.7 Å². The molecule has 0 spiro atoms. The fraction of sp³-hybridized carbons (Fsp3) is 0.889. The van der Waals surface area contributed by atoms with Gasteiger partial charge in [0.05, 0.1) is 6.10 Å². The number of carbonyl (C=O) groups excluding carboxylic acids is 1. The number of halogens is 3. The first-order valence-electron chi connectivity index (χ1n) is 4.77. The molecule has 15 heavy (non-hydrogen) atoms. The van der Waals surface area contributed by atoms with Crippen LogP contribution in [-0.4, -0.2) is 42.8 Å². The van der Waals surface area contributed by atoms with E-state index in [1.54, 1.807) is 6.92 Å². The average molecular weight is 225 g/mol. The number of alkyl halides is 3. The number of likely N-dealkylation sites (tertiary alicyclic amines) is 1. The number of rotatable bonds is 1. The Morgan fingerprint density at radius 1 is 1.47 bits per heavy atom. The molecular formula is C9H14F3NO2. The molecule has 0 bridgehead atoms. The minimum absolute atomic E-state index is 0.0442. The van der Waals surface area contributed by atoms with Crippen LogP contribution in [0.15, 0.2) is 0 Å². The lowest BCUT2D eigenvalue weighted by Gasteiger charge is -2.37. The topological polar surface area (TPSA) is 29.5 Å². The zero-order chi connectivity index (χ0) is 11.6. The van der Waals surface area contributed by atoms with Gasteiger partial charge in [0.1, 0.15) is 0 Å². The van der Waals surface area contributed by atoms with E-state index in [-0.39, 0.29) is 12.6 Å². The van der Waals surface area contributed by atoms with E-state index >= 15 is 0 Å². The summed E-state index contributed by atoms with van der Waals surface area (Å²) >= 11 is 0. The molecule has 0 aromatic carbocycles. The third kappa shape index (κ3) is 2.84. The maximum atomic E-state index is 12.2. The molecule has 0 N–H and O–H groups in total. The van der Waals surface area contributed by atoms with Gasteiger partial charge in [-0.1, -0.05) is 0 Å². The van der Waals surface area contributed by atoms with E-state index in [0.29, 0.717) is 12.8 Å². The largest absolute Gasteiger partial charge is 0.471 e. The fourth-order valence-electron chi connectivity index (χ4n) is 1.81. The van der Waals surface area contributed by atoms with Crippen molar-refractivity contribution in [3.63, 3.8) is 0 Å². The van der Waals surface area contributed by atoms with Crippen molar-refractivity contribution in [2.24, 2.45) is 0 Å². The van der Waals surface area contributed by atoms with Crippen LogP contribution in [0.2, 0.25) is 0 Å². The highest BCUT2D eigenvalue weighted by Gasteiger charge is 2.45. The highest BCUT2D eigenvalue weighted by atomic mass is 19.4. The zero-order valence-corrected chi connectivity index (χ0v) is 8.67. The maximum absolute atomic E-state index is 12.2. The molecule has 0 aromatic rings. The minimum Gasteiger partial charge on any atom is -0.381 e. The number of methoxy groups -OCH3 is 1. The van der Waals surface area contributed by atoms with Gasteiger partial charge in [-0.2, -0.15) is 13.2 Å². The quantitative estimate of drug-likeness (QED) is 0.678. The Labute approximate surface area is 86.2 Å². The third-order valence-electron chi connectivity index (χ3n) is 2.66. The lowest BCUT2D eigenvalue weighted by Crippen LogP contribution is -2.51. The molecule has 1 amide bonds. The molecule has 0 radical (unpaired) electrons. The van der Waals surface area contributed by atoms with Crippen molar-refractivity contribution < 1.29 is 22.7 Å². The SMILES string of the molecule is COC1CCN(C(=O)C(F)(F)F)C(C)C1. The van der Waals surface area contributed by atoms with Crippen LogP contribution in [0.25, 0.3) is 0 Å². The van der Waals surface area contributed by atoms with Crippen molar-refractivity contribution in [3.8, 4) is 0 Å². The van der Waals surface area contributed by atoms with E-state index < -0.39 is 18.1 Å². The Kier molecular flexibility index (Phi) is 3.59. The van der Waals surface area contributed by atoms with Crippen LogP contribution in [-0.2, 0) is 9.53 Å². The van der Waals surface area contributed by atoms with Crippen LogP contribution >= 0.6 is 0 Å². The van der Waals surface area contributed by atoms with Gasteiger partial charge in [0.25, 0.3) is 0 Å². The number of amides is 1. The van der Waals surface area contributed by atoms with E-state index in [2.05, 4.69) is 0 Å². The maximum Gasteiger partial charge on any atom is 0.471 e. The first kappa shape index (κ1) is 12.3. The Morgan fingerprint density at radius 3 is 2.47 bits per heavy atom. The van der Waals surface area contributed by atoms with Crippen molar-refractivity contribution in [1.82, 2.24) is 4.90 Å². The number of ether oxygens (including phenoxy) is 1. The summed E-state index contributed by atoms with van der Waals surface area (Å²) in [5.74, 6) is -1.75. The number of hydrogen-bond donors (Lipinski definition) is 0. The molecule has 1 rings (SSSR count). The number of piperidine rings is 1. The number of nitrogens with zero attached hydrogens (tertiary/aromatic N) is 1.